The van der Waals surface area contributed by atoms with E-state index in [1.54, 1.807) is 0 Å². The topological polar surface area (TPSA) is 89.3 Å². The number of nitrogens with two attached hydrogens (primary N) is 1. The molecule has 5 nitrogen and oxygen atoms in total. The summed E-state index contributed by atoms with van der Waals surface area (Å²) in [6, 6.07) is -0.381. The molecule has 0 aliphatic heterocycles. The summed E-state index contributed by atoms with van der Waals surface area (Å²) in [6.07, 6.45) is 1.38. The largest absolute Gasteiger partial charge is 0.355 e. The number of carbonyl (C=O) groups is 1. The van der Waals surface area contributed by atoms with Crippen molar-refractivity contribution in [3.05, 3.63) is 0 Å². The van der Waals surface area contributed by atoms with Gasteiger partial charge < -0.3 is 11.1 Å². The molecule has 0 aliphatic carbocycles. The van der Waals surface area contributed by atoms with Crippen LogP contribution in [0, 0.1) is 0 Å². The van der Waals surface area contributed by atoms with Crippen LogP contribution in [-0.2, 0) is 14.6 Å². The van der Waals surface area contributed by atoms with Crippen LogP contribution in [0.4, 0.5) is 0 Å². The van der Waals surface area contributed by atoms with Crippen molar-refractivity contribution < 1.29 is 13.2 Å². The molecule has 0 fully saturated rings. The number of carbonyl (C=O) groups excluding carboxylic acids is 1. The van der Waals surface area contributed by atoms with Crippen LogP contribution < -0.4 is 11.1 Å². The lowest BCUT2D eigenvalue weighted by Crippen LogP contribution is -2.36. The summed E-state index contributed by atoms with van der Waals surface area (Å²) in [5, 5.41) is 2.52. The van der Waals surface area contributed by atoms with E-state index in [0.29, 0.717) is 13.0 Å². The van der Waals surface area contributed by atoms with E-state index in [0.717, 1.165) is 6.42 Å². The summed E-state index contributed by atoms with van der Waals surface area (Å²) in [5.41, 5.74) is 5.52. The van der Waals surface area contributed by atoms with Gasteiger partial charge in [0, 0.05) is 12.6 Å². The fraction of sp³-hybridized carbons (Fsp3) is 0.889. The van der Waals surface area contributed by atoms with Crippen LogP contribution in [0.25, 0.3) is 0 Å². The lowest BCUT2D eigenvalue weighted by Gasteiger charge is -2.09. The maximum absolute atomic E-state index is 11.4. The summed E-state index contributed by atoms with van der Waals surface area (Å²) in [4.78, 5) is 11.2. The highest BCUT2D eigenvalue weighted by molar-refractivity contribution is 7.92. The number of rotatable bonds is 7. The van der Waals surface area contributed by atoms with Gasteiger partial charge in [0.05, 0.1) is 5.75 Å². The van der Waals surface area contributed by atoms with Gasteiger partial charge in [0.15, 0.2) is 9.84 Å². The van der Waals surface area contributed by atoms with E-state index in [1.807, 2.05) is 13.8 Å². The molecule has 1 amide bonds. The van der Waals surface area contributed by atoms with E-state index >= 15 is 0 Å². The van der Waals surface area contributed by atoms with Crippen molar-refractivity contribution in [2.75, 3.05) is 18.1 Å². The highest BCUT2D eigenvalue weighted by atomic mass is 32.2. The van der Waals surface area contributed by atoms with Crippen molar-refractivity contribution in [1.29, 1.82) is 0 Å². The van der Waals surface area contributed by atoms with Gasteiger partial charge in [0.1, 0.15) is 5.75 Å². The van der Waals surface area contributed by atoms with Crippen LogP contribution in [0.3, 0.4) is 0 Å². The minimum Gasteiger partial charge on any atom is -0.355 e. The van der Waals surface area contributed by atoms with Crippen molar-refractivity contribution in [2.24, 2.45) is 5.73 Å². The molecule has 0 saturated heterocycles. The van der Waals surface area contributed by atoms with Gasteiger partial charge in [0.25, 0.3) is 0 Å². The number of nitrogens with one attached hydrogen (secondary N) is 1. The van der Waals surface area contributed by atoms with Gasteiger partial charge in [0.2, 0.25) is 5.91 Å². The molecule has 0 spiro atoms. The summed E-state index contributed by atoms with van der Waals surface area (Å²) < 4.78 is 22.9. The Morgan fingerprint density at radius 1 is 1.40 bits per heavy atom. The van der Waals surface area contributed by atoms with Crippen molar-refractivity contribution in [1.82, 2.24) is 5.32 Å². The molecule has 0 rings (SSSR count). The minimum atomic E-state index is -3.36. The van der Waals surface area contributed by atoms with E-state index in [4.69, 9.17) is 5.73 Å². The van der Waals surface area contributed by atoms with E-state index in [1.165, 1.54) is 0 Å². The minimum absolute atomic E-state index is 0.122. The molecular formula is C9H20N2O3S. The number of hydrogen-bond donors (Lipinski definition) is 2. The standard InChI is InChI=1S/C9H20N2O3S/c1-3-5-11-9(12)7-15(13,14)6-8(10)4-2/h8H,3-7,10H2,1-2H3,(H,11,12). The fourth-order valence-corrected chi connectivity index (χ4v) is 2.53. The second-order valence-electron chi connectivity index (χ2n) is 3.57. The maximum Gasteiger partial charge on any atom is 0.235 e. The lowest BCUT2D eigenvalue weighted by molar-refractivity contribution is -0.118. The Balaban J connectivity index is 4.08. The van der Waals surface area contributed by atoms with Crippen molar-refractivity contribution >= 4 is 15.7 Å². The highest BCUT2D eigenvalue weighted by Crippen LogP contribution is 1.96. The van der Waals surface area contributed by atoms with Gasteiger partial charge in [-0.3, -0.25) is 4.79 Å². The Hall–Kier alpha value is -0.620. The molecule has 1 unspecified atom stereocenters. The smallest absolute Gasteiger partial charge is 0.235 e. The fourth-order valence-electron chi connectivity index (χ4n) is 1.02. The summed E-state index contributed by atoms with van der Waals surface area (Å²) in [6.45, 7) is 4.23. The summed E-state index contributed by atoms with van der Waals surface area (Å²) in [5.74, 6) is -1.02. The maximum atomic E-state index is 11.4. The van der Waals surface area contributed by atoms with Crippen LogP contribution in [0.1, 0.15) is 26.7 Å². The van der Waals surface area contributed by atoms with E-state index < -0.39 is 21.5 Å². The number of hydrogen-bond acceptors (Lipinski definition) is 4. The van der Waals surface area contributed by atoms with Gasteiger partial charge in [-0.05, 0) is 12.8 Å². The Morgan fingerprint density at radius 2 is 2.00 bits per heavy atom. The first kappa shape index (κ1) is 14.4. The second-order valence-corrected chi connectivity index (χ2v) is 5.68. The van der Waals surface area contributed by atoms with E-state index in [2.05, 4.69) is 5.32 Å². The molecule has 90 valence electrons. The third kappa shape index (κ3) is 7.33. The molecule has 0 saturated carbocycles. The van der Waals surface area contributed by atoms with Crippen molar-refractivity contribution in [2.45, 2.75) is 32.7 Å². The predicted molar refractivity (Wildman–Crippen MR) is 60.2 cm³/mol. The Bertz CT molecular complexity index is 288. The third-order valence-electron chi connectivity index (χ3n) is 1.92. The number of amides is 1. The molecule has 0 bridgehead atoms. The van der Waals surface area contributed by atoms with Crippen LogP contribution in [0.5, 0.6) is 0 Å². The Kier molecular flexibility index (Phi) is 6.51. The zero-order chi connectivity index (χ0) is 11.9. The average molecular weight is 236 g/mol. The van der Waals surface area contributed by atoms with Gasteiger partial charge in [-0.25, -0.2) is 8.42 Å². The lowest BCUT2D eigenvalue weighted by atomic mass is 10.3. The van der Waals surface area contributed by atoms with Gasteiger partial charge >= 0.3 is 0 Å². The monoisotopic (exact) mass is 236 g/mol. The summed E-state index contributed by atoms with van der Waals surface area (Å²) >= 11 is 0. The van der Waals surface area contributed by atoms with Crippen molar-refractivity contribution in [3.63, 3.8) is 0 Å². The molecule has 0 heterocycles. The third-order valence-corrected chi connectivity index (χ3v) is 3.55. The molecule has 0 aromatic heterocycles. The quantitative estimate of drug-likeness (QED) is 0.633. The molecule has 1 atom stereocenters. The molecule has 0 radical (unpaired) electrons. The van der Waals surface area contributed by atoms with E-state index in [9.17, 15) is 13.2 Å². The molecule has 3 N–H and O–H groups in total. The zero-order valence-electron chi connectivity index (χ0n) is 9.32. The highest BCUT2D eigenvalue weighted by Gasteiger charge is 2.18. The molecule has 15 heavy (non-hydrogen) atoms. The zero-order valence-corrected chi connectivity index (χ0v) is 10.1. The van der Waals surface area contributed by atoms with Crippen LogP contribution >= 0.6 is 0 Å². The average Bonchev–Trinajstić information content (AvgIpc) is 2.12. The van der Waals surface area contributed by atoms with Crippen LogP contribution in [0.2, 0.25) is 0 Å². The predicted octanol–water partition coefficient (Wildman–Crippen LogP) is -0.335. The second kappa shape index (κ2) is 6.79. The first-order valence-corrected chi connectivity index (χ1v) is 6.96. The first-order chi connectivity index (χ1) is 6.91. The molecule has 0 aromatic carbocycles. The Labute approximate surface area is 91.3 Å². The molecular weight excluding hydrogens is 216 g/mol. The Morgan fingerprint density at radius 3 is 2.47 bits per heavy atom. The summed E-state index contributed by atoms with van der Waals surface area (Å²) in [7, 11) is -3.36. The van der Waals surface area contributed by atoms with Crippen LogP contribution in [0.15, 0.2) is 0 Å². The number of sulfone groups is 1. The van der Waals surface area contributed by atoms with Gasteiger partial charge in [-0.1, -0.05) is 13.8 Å². The van der Waals surface area contributed by atoms with E-state index in [-0.39, 0.29) is 11.8 Å². The van der Waals surface area contributed by atoms with Gasteiger partial charge in [-0.15, -0.1) is 0 Å². The SMILES string of the molecule is CCCNC(=O)CS(=O)(=O)CC(N)CC. The molecule has 0 aromatic rings. The van der Waals surface area contributed by atoms with Crippen molar-refractivity contribution in [3.8, 4) is 0 Å². The van der Waals surface area contributed by atoms with Gasteiger partial charge in [-0.2, -0.15) is 0 Å². The normalized spacial score (nSPS) is 13.5. The first-order valence-electron chi connectivity index (χ1n) is 5.14. The van der Waals surface area contributed by atoms with Crippen LogP contribution in [-0.4, -0.2) is 38.4 Å². The molecule has 0 aliphatic rings. The molecule has 6 heteroatoms.